The molecule has 3 aliphatic rings. The van der Waals surface area contributed by atoms with Crippen LogP contribution in [-0.4, -0.2) is 54.0 Å². The molecule has 5 nitrogen and oxygen atoms in total. The molecule has 23 heavy (non-hydrogen) atoms. The number of aromatic carboxylic acids is 1. The van der Waals surface area contributed by atoms with Gasteiger partial charge in [-0.3, -0.25) is 0 Å². The normalized spacial score (nSPS) is 26.1. The first-order valence-corrected chi connectivity index (χ1v) is 9.09. The van der Waals surface area contributed by atoms with E-state index < -0.39 is 13.1 Å². The van der Waals surface area contributed by atoms with Crippen molar-refractivity contribution < 1.29 is 19.6 Å². The zero-order chi connectivity index (χ0) is 16.1. The van der Waals surface area contributed by atoms with Crippen LogP contribution in [0.25, 0.3) is 0 Å². The van der Waals surface area contributed by atoms with Gasteiger partial charge in [-0.15, -0.1) is 11.8 Å². The van der Waals surface area contributed by atoms with Gasteiger partial charge < -0.3 is 19.7 Å². The van der Waals surface area contributed by atoms with Gasteiger partial charge in [-0.2, -0.15) is 0 Å². The second-order valence-corrected chi connectivity index (χ2v) is 8.04. The number of thioether (sulfide) groups is 1. The molecule has 1 aliphatic carbocycles. The van der Waals surface area contributed by atoms with E-state index in [1.165, 1.54) is 0 Å². The largest absolute Gasteiger partial charge is 0.535 e. The van der Waals surface area contributed by atoms with Crippen LogP contribution >= 0.6 is 11.8 Å². The third-order valence-corrected chi connectivity index (χ3v) is 6.22. The molecule has 122 valence electrons. The SMILES string of the molecule is CN1CC(CCSc2ccc3c(c2C(=O)O)OB(O)C2CC32)C1. The van der Waals surface area contributed by atoms with Crippen LogP contribution in [0.4, 0.5) is 0 Å². The van der Waals surface area contributed by atoms with Crippen LogP contribution < -0.4 is 4.65 Å². The van der Waals surface area contributed by atoms with Crippen molar-refractivity contribution >= 4 is 24.8 Å². The predicted octanol–water partition coefficient (Wildman–Crippen LogP) is 2.16. The number of carboxylic acid groups (broad SMARTS) is 1. The Bertz CT molecular complexity index is 649. The lowest BCUT2D eigenvalue weighted by atomic mass is 9.77. The quantitative estimate of drug-likeness (QED) is 0.636. The molecule has 0 aromatic heterocycles. The van der Waals surface area contributed by atoms with Crippen molar-refractivity contribution in [2.24, 2.45) is 5.92 Å². The summed E-state index contributed by atoms with van der Waals surface area (Å²) in [5.74, 6) is 1.45. The standard InChI is InChI=1S/C16H20BNO4S/c1-18-7-9(8-18)4-5-23-13-3-2-10-11-6-12(11)17(21)22-15(10)14(13)16(19)20/h2-3,9,11-12,21H,4-8H2,1H3,(H,19,20). The average molecular weight is 333 g/mol. The number of rotatable bonds is 5. The second-order valence-electron chi connectivity index (χ2n) is 6.90. The first-order valence-electron chi connectivity index (χ1n) is 8.11. The summed E-state index contributed by atoms with van der Waals surface area (Å²) in [4.78, 5) is 14.8. The highest BCUT2D eigenvalue weighted by Gasteiger charge is 2.54. The number of benzene rings is 1. The molecule has 0 amide bonds. The molecule has 1 aromatic carbocycles. The van der Waals surface area contributed by atoms with Crippen molar-refractivity contribution in [3.05, 3.63) is 23.3 Å². The van der Waals surface area contributed by atoms with Crippen molar-refractivity contribution in [3.63, 3.8) is 0 Å². The van der Waals surface area contributed by atoms with Gasteiger partial charge in [0.15, 0.2) is 0 Å². The smallest absolute Gasteiger partial charge is 0.526 e. The predicted molar refractivity (Wildman–Crippen MR) is 89.4 cm³/mol. The summed E-state index contributed by atoms with van der Waals surface area (Å²) in [6.45, 7) is 2.27. The minimum absolute atomic E-state index is 0.137. The summed E-state index contributed by atoms with van der Waals surface area (Å²) in [5.41, 5.74) is 1.17. The Morgan fingerprint density at radius 3 is 2.96 bits per heavy atom. The number of hydrogen-bond acceptors (Lipinski definition) is 5. The summed E-state index contributed by atoms with van der Waals surface area (Å²) >= 11 is 1.58. The Morgan fingerprint density at radius 1 is 1.48 bits per heavy atom. The van der Waals surface area contributed by atoms with E-state index in [0.29, 0.717) is 5.75 Å². The topological polar surface area (TPSA) is 70.0 Å². The van der Waals surface area contributed by atoms with Crippen molar-refractivity contribution in [1.82, 2.24) is 4.90 Å². The van der Waals surface area contributed by atoms with E-state index in [1.807, 2.05) is 12.1 Å². The van der Waals surface area contributed by atoms with Gasteiger partial charge in [-0.25, -0.2) is 4.79 Å². The molecule has 7 heteroatoms. The Morgan fingerprint density at radius 2 is 2.26 bits per heavy atom. The maximum absolute atomic E-state index is 11.7. The molecule has 0 spiro atoms. The van der Waals surface area contributed by atoms with E-state index in [0.717, 1.165) is 48.1 Å². The summed E-state index contributed by atoms with van der Waals surface area (Å²) in [7, 11) is 1.25. The number of fused-ring (bicyclic) bond motifs is 3. The highest BCUT2D eigenvalue weighted by atomic mass is 32.2. The van der Waals surface area contributed by atoms with E-state index in [2.05, 4.69) is 11.9 Å². The van der Waals surface area contributed by atoms with Crippen LogP contribution in [0.5, 0.6) is 5.75 Å². The van der Waals surface area contributed by atoms with Gasteiger partial charge >= 0.3 is 13.1 Å². The van der Waals surface area contributed by atoms with Crippen LogP contribution in [-0.2, 0) is 0 Å². The van der Waals surface area contributed by atoms with Crippen molar-refractivity contribution in [1.29, 1.82) is 0 Å². The lowest BCUT2D eigenvalue weighted by Crippen LogP contribution is -2.43. The highest BCUT2D eigenvalue weighted by Crippen LogP contribution is 2.60. The van der Waals surface area contributed by atoms with Crippen molar-refractivity contribution in [2.75, 3.05) is 25.9 Å². The van der Waals surface area contributed by atoms with Gasteiger partial charge in [-0.1, -0.05) is 6.07 Å². The molecule has 2 atom stereocenters. The summed E-state index contributed by atoms with van der Waals surface area (Å²) < 4.78 is 5.55. The lowest BCUT2D eigenvalue weighted by molar-refractivity contribution is 0.0690. The highest BCUT2D eigenvalue weighted by molar-refractivity contribution is 7.99. The lowest BCUT2D eigenvalue weighted by Gasteiger charge is -2.36. The monoisotopic (exact) mass is 333 g/mol. The minimum Gasteiger partial charge on any atom is -0.535 e. The third kappa shape index (κ3) is 2.75. The van der Waals surface area contributed by atoms with E-state index in [4.69, 9.17) is 4.65 Å². The molecule has 4 rings (SSSR count). The third-order valence-electron chi connectivity index (χ3n) is 5.13. The molecule has 2 unspecified atom stereocenters. The van der Waals surface area contributed by atoms with Crippen molar-refractivity contribution in [2.45, 2.75) is 29.5 Å². The number of carboxylic acids is 1. The fourth-order valence-electron chi connectivity index (χ4n) is 3.76. The van der Waals surface area contributed by atoms with E-state index in [1.54, 1.807) is 11.8 Å². The molecule has 2 heterocycles. The number of likely N-dealkylation sites (tertiary alicyclic amines) is 1. The molecule has 2 N–H and O–H groups in total. The molecule has 0 bridgehead atoms. The molecule has 0 radical (unpaired) electrons. The second kappa shape index (κ2) is 5.72. The van der Waals surface area contributed by atoms with Gasteiger partial charge in [0.2, 0.25) is 0 Å². The Kier molecular flexibility index (Phi) is 3.82. The van der Waals surface area contributed by atoms with E-state index in [9.17, 15) is 14.9 Å². The first kappa shape index (κ1) is 15.4. The molecule has 2 aliphatic heterocycles. The van der Waals surface area contributed by atoms with Crippen LogP contribution in [0.2, 0.25) is 5.82 Å². The maximum Gasteiger partial charge on any atom is 0.526 e. The summed E-state index contributed by atoms with van der Waals surface area (Å²) in [6.07, 6.45) is 1.98. The van der Waals surface area contributed by atoms with Gasteiger partial charge in [0, 0.05) is 23.8 Å². The van der Waals surface area contributed by atoms with Crippen LogP contribution in [0.1, 0.15) is 34.7 Å². The number of nitrogens with zero attached hydrogens (tertiary/aromatic N) is 1. The first-order chi connectivity index (χ1) is 11.0. The van der Waals surface area contributed by atoms with Gasteiger partial charge in [0.1, 0.15) is 11.3 Å². The van der Waals surface area contributed by atoms with Crippen LogP contribution in [0.15, 0.2) is 17.0 Å². The number of carbonyl (C=O) groups is 1. The molecule has 1 aromatic rings. The maximum atomic E-state index is 11.7. The summed E-state index contributed by atoms with van der Waals surface area (Å²) in [5, 5.41) is 19.6. The molecular weight excluding hydrogens is 313 g/mol. The average Bonchev–Trinajstić information content (AvgIpc) is 3.25. The Labute approximate surface area is 140 Å². The van der Waals surface area contributed by atoms with E-state index >= 15 is 0 Å². The molecule has 2 fully saturated rings. The van der Waals surface area contributed by atoms with Gasteiger partial charge in [0.05, 0.1) is 0 Å². The number of hydrogen-bond donors (Lipinski definition) is 2. The molecular formula is C16H20BNO4S. The van der Waals surface area contributed by atoms with Gasteiger partial charge in [0.25, 0.3) is 0 Å². The van der Waals surface area contributed by atoms with Crippen LogP contribution in [0, 0.1) is 5.92 Å². The molecule has 1 saturated heterocycles. The fourth-order valence-corrected chi connectivity index (χ4v) is 4.92. The van der Waals surface area contributed by atoms with E-state index in [-0.39, 0.29) is 17.3 Å². The molecule has 1 saturated carbocycles. The van der Waals surface area contributed by atoms with Crippen LogP contribution in [0.3, 0.4) is 0 Å². The van der Waals surface area contributed by atoms with Gasteiger partial charge in [-0.05, 0) is 49.1 Å². The Balaban J connectivity index is 1.52. The van der Waals surface area contributed by atoms with Crippen molar-refractivity contribution in [3.8, 4) is 5.75 Å². The zero-order valence-corrected chi connectivity index (χ0v) is 13.9. The minimum atomic E-state index is -0.973. The Hall–Kier alpha value is -1.18. The summed E-state index contributed by atoms with van der Waals surface area (Å²) in [6, 6.07) is 3.90. The fraction of sp³-hybridized carbons (Fsp3) is 0.562. The zero-order valence-electron chi connectivity index (χ0n) is 13.1.